The summed E-state index contributed by atoms with van der Waals surface area (Å²) in [6.07, 6.45) is 5.78. The number of hydrogen-bond acceptors (Lipinski definition) is 1. The summed E-state index contributed by atoms with van der Waals surface area (Å²) < 4.78 is 0. The fraction of sp³-hybridized carbons (Fsp3) is 1.00. The second-order valence-corrected chi connectivity index (χ2v) is 4.72. The summed E-state index contributed by atoms with van der Waals surface area (Å²) in [6.45, 7) is 7.20. The van der Waals surface area contributed by atoms with E-state index in [-0.39, 0.29) is 0 Å². The van der Waals surface area contributed by atoms with Gasteiger partial charge >= 0.3 is 0 Å². The third kappa shape index (κ3) is 4.76. The quantitative estimate of drug-likeness (QED) is 0.591. The Morgan fingerprint density at radius 3 is 2.42 bits per heavy atom. The fourth-order valence-corrected chi connectivity index (χ4v) is 1.40. The van der Waals surface area contributed by atoms with Crippen molar-refractivity contribution in [1.82, 2.24) is 4.90 Å². The summed E-state index contributed by atoms with van der Waals surface area (Å²) in [5.41, 5.74) is 0. The second kappa shape index (κ2) is 4.86. The zero-order valence-electron chi connectivity index (χ0n) is 8.84. The molecule has 1 nitrogen and oxygen atoms in total. The molecule has 1 aliphatic rings. The SMILES string of the molecule is CC(C)CCN(C)CCC1CC1. The number of hydrogen-bond donors (Lipinski definition) is 0. The fourth-order valence-electron chi connectivity index (χ4n) is 1.40. The van der Waals surface area contributed by atoms with Gasteiger partial charge in [-0.15, -0.1) is 0 Å². The van der Waals surface area contributed by atoms with E-state index in [4.69, 9.17) is 0 Å². The Balaban J connectivity index is 1.91. The summed E-state index contributed by atoms with van der Waals surface area (Å²) in [7, 11) is 2.25. The first-order valence-electron chi connectivity index (χ1n) is 5.37. The van der Waals surface area contributed by atoms with E-state index in [0.717, 1.165) is 11.8 Å². The lowest BCUT2D eigenvalue weighted by Crippen LogP contribution is -2.22. The molecule has 12 heavy (non-hydrogen) atoms. The minimum Gasteiger partial charge on any atom is -0.306 e. The Morgan fingerprint density at radius 2 is 1.92 bits per heavy atom. The molecule has 1 aliphatic carbocycles. The predicted octanol–water partition coefficient (Wildman–Crippen LogP) is 2.76. The maximum atomic E-state index is 2.48. The molecular formula is C11H23N. The third-order valence-corrected chi connectivity index (χ3v) is 2.70. The van der Waals surface area contributed by atoms with Gasteiger partial charge in [0, 0.05) is 0 Å². The van der Waals surface area contributed by atoms with Gasteiger partial charge in [0.25, 0.3) is 0 Å². The van der Waals surface area contributed by atoms with Gasteiger partial charge in [0.05, 0.1) is 0 Å². The van der Waals surface area contributed by atoms with Crippen LogP contribution in [0.25, 0.3) is 0 Å². The average molecular weight is 169 g/mol. The highest BCUT2D eigenvalue weighted by molar-refractivity contribution is 4.74. The van der Waals surface area contributed by atoms with Crippen molar-refractivity contribution in [3.63, 3.8) is 0 Å². The average Bonchev–Trinajstić information content (AvgIpc) is 2.80. The minimum absolute atomic E-state index is 0.855. The van der Waals surface area contributed by atoms with Crippen molar-refractivity contribution in [2.24, 2.45) is 11.8 Å². The van der Waals surface area contributed by atoms with E-state index >= 15 is 0 Å². The smallest absolute Gasteiger partial charge is 0.00191 e. The lowest BCUT2D eigenvalue weighted by atomic mass is 10.1. The topological polar surface area (TPSA) is 3.24 Å². The van der Waals surface area contributed by atoms with Crippen molar-refractivity contribution in [3.05, 3.63) is 0 Å². The molecule has 0 saturated heterocycles. The van der Waals surface area contributed by atoms with Crippen molar-refractivity contribution >= 4 is 0 Å². The maximum absolute atomic E-state index is 2.48. The second-order valence-electron chi connectivity index (χ2n) is 4.72. The molecule has 0 amide bonds. The standard InChI is InChI=1S/C11H23N/c1-10(2)6-8-12(3)9-7-11-4-5-11/h10-11H,4-9H2,1-3H3. The highest BCUT2D eigenvalue weighted by atomic mass is 15.1. The molecule has 1 fully saturated rings. The van der Waals surface area contributed by atoms with E-state index in [1.165, 1.54) is 38.8 Å². The zero-order chi connectivity index (χ0) is 8.97. The van der Waals surface area contributed by atoms with Crippen LogP contribution in [0.5, 0.6) is 0 Å². The van der Waals surface area contributed by atoms with Crippen LogP contribution in [0.4, 0.5) is 0 Å². The Kier molecular flexibility index (Phi) is 4.07. The highest BCUT2D eigenvalue weighted by Gasteiger charge is 2.20. The van der Waals surface area contributed by atoms with Crippen molar-refractivity contribution in [3.8, 4) is 0 Å². The lowest BCUT2D eigenvalue weighted by Gasteiger charge is -2.17. The van der Waals surface area contributed by atoms with Crippen LogP contribution in [-0.2, 0) is 0 Å². The molecule has 1 heteroatoms. The molecule has 0 aromatic rings. The van der Waals surface area contributed by atoms with Crippen LogP contribution >= 0.6 is 0 Å². The first kappa shape index (κ1) is 10.0. The summed E-state index contributed by atoms with van der Waals surface area (Å²) in [5, 5.41) is 0. The van der Waals surface area contributed by atoms with E-state index in [0.29, 0.717) is 0 Å². The van der Waals surface area contributed by atoms with Crippen LogP contribution in [0.1, 0.15) is 39.5 Å². The van der Waals surface area contributed by atoms with Crippen molar-refractivity contribution in [1.29, 1.82) is 0 Å². The molecule has 0 spiro atoms. The molecule has 0 aromatic carbocycles. The molecule has 0 radical (unpaired) electrons. The molecule has 0 N–H and O–H groups in total. The van der Waals surface area contributed by atoms with E-state index in [1.807, 2.05) is 0 Å². The van der Waals surface area contributed by atoms with Gasteiger partial charge < -0.3 is 4.90 Å². The molecule has 1 rings (SSSR count). The molecule has 72 valence electrons. The van der Waals surface area contributed by atoms with Crippen LogP contribution in [0.15, 0.2) is 0 Å². The van der Waals surface area contributed by atoms with Crippen LogP contribution in [-0.4, -0.2) is 25.0 Å². The summed E-state index contributed by atoms with van der Waals surface area (Å²) >= 11 is 0. The van der Waals surface area contributed by atoms with E-state index in [1.54, 1.807) is 0 Å². The Hall–Kier alpha value is -0.0400. The van der Waals surface area contributed by atoms with Gasteiger partial charge in [-0.2, -0.15) is 0 Å². The lowest BCUT2D eigenvalue weighted by molar-refractivity contribution is 0.301. The number of rotatable bonds is 6. The van der Waals surface area contributed by atoms with Gasteiger partial charge in [-0.25, -0.2) is 0 Å². The first-order valence-corrected chi connectivity index (χ1v) is 5.37. The largest absolute Gasteiger partial charge is 0.306 e. The van der Waals surface area contributed by atoms with Gasteiger partial charge in [0.1, 0.15) is 0 Å². The van der Waals surface area contributed by atoms with E-state index < -0.39 is 0 Å². The van der Waals surface area contributed by atoms with Crippen molar-refractivity contribution < 1.29 is 0 Å². The number of nitrogens with zero attached hydrogens (tertiary/aromatic N) is 1. The van der Waals surface area contributed by atoms with Crippen LogP contribution in [0.3, 0.4) is 0 Å². The van der Waals surface area contributed by atoms with Gasteiger partial charge in [0.15, 0.2) is 0 Å². The normalized spacial score (nSPS) is 17.8. The third-order valence-electron chi connectivity index (χ3n) is 2.70. The maximum Gasteiger partial charge on any atom is -0.00191 e. The van der Waals surface area contributed by atoms with Crippen LogP contribution in [0.2, 0.25) is 0 Å². The molecule has 1 saturated carbocycles. The summed E-state index contributed by atoms with van der Waals surface area (Å²) in [6, 6.07) is 0. The van der Waals surface area contributed by atoms with Crippen molar-refractivity contribution in [2.45, 2.75) is 39.5 Å². The van der Waals surface area contributed by atoms with Gasteiger partial charge in [-0.05, 0) is 44.8 Å². The first-order chi connectivity index (χ1) is 5.68. The monoisotopic (exact) mass is 169 g/mol. The molecule has 0 heterocycles. The van der Waals surface area contributed by atoms with Gasteiger partial charge in [-0.3, -0.25) is 0 Å². The minimum atomic E-state index is 0.855. The Labute approximate surface area is 77.1 Å². The molecule has 0 bridgehead atoms. The Morgan fingerprint density at radius 1 is 1.25 bits per heavy atom. The summed E-state index contributed by atoms with van der Waals surface area (Å²) in [4.78, 5) is 2.48. The predicted molar refractivity (Wildman–Crippen MR) is 54.3 cm³/mol. The molecule has 0 atom stereocenters. The van der Waals surface area contributed by atoms with E-state index in [9.17, 15) is 0 Å². The van der Waals surface area contributed by atoms with Gasteiger partial charge in [-0.1, -0.05) is 26.7 Å². The van der Waals surface area contributed by atoms with Crippen LogP contribution < -0.4 is 0 Å². The van der Waals surface area contributed by atoms with Gasteiger partial charge in [0.2, 0.25) is 0 Å². The summed E-state index contributed by atoms with van der Waals surface area (Å²) in [5.74, 6) is 1.94. The van der Waals surface area contributed by atoms with Crippen LogP contribution in [0, 0.1) is 11.8 Å². The molecule has 0 unspecified atom stereocenters. The van der Waals surface area contributed by atoms with Crippen molar-refractivity contribution in [2.75, 3.05) is 20.1 Å². The zero-order valence-corrected chi connectivity index (χ0v) is 8.84. The Bertz CT molecular complexity index is 110. The van der Waals surface area contributed by atoms with E-state index in [2.05, 4.69) is 25.8 Å². The molecular weight excluding hydrogens is 146 g/mol. The molecule has 0 aromatic heterocycles. The highest BCUT2D eigenvalue weighted by Crippen LogP contribution is 2.32. The molecule has 0 aliphatic heterocycles.